The van der Waals surface area contributed by atoms with Gasteiger partial charge < -0.3 is 15.3 Å². The number of hydrogen-bond donors (Lipinski definition) is 2. The Kier molecular flexibility index (Phi) is 6.68. The quantitative estimate of drug-likeness (QED) is 0.759. The summed E-state index contributed by atoms with van der Waals surface area (Å²) in [5, 5.41) is 12.8. The SMILES string of the molecule is CC(C)N(C)CCCNCc1ccc(O)c(Br)c1. The molecule has 0 fully saturated rings. The van der Waals surface area contributed by atoms with E-state index in [2.05, 4.69) is 47.0 Å². The molecule has 102 valence electrons. The number of nitrogens with zero attached hydrogens (tertiary/aromatic N) is 1. The van der Waals surface area contributed by atoms with Crippen molar-refractivity contribution < 1.29 is 5.11 Å². The van der Waals surface area contributed by atoms with E-state index in [9.17, 15) is 5.11 Å². The smallest absolute Gasteiger partial charge is 0.129 e. The Morgan fingerprint density at radius 2 is 2.11 bits per heavy atom. The van der Waals surface area contributed by atoms with E-state index in [1.54, 1.807) is 6.07 Å². The first-order valence-electron chi connectivity index (χ1n) is 6.39. The number of benzene rings is 1. The van der Waals surface area contributed by atoms with Gasteiger partial charge in [-0.05, 0) is 74.0 Å². The van der Waals surface area contributed by atoms with Crippen LogP contribution in [0.2, 0.25) is 0 Å². The van der Waals surface area contributed by atoms with E-state index in [1.807, 2.05) is 12.1 Å². The molecule has 0 aliphatic rings. The van der Waals surface area contributed by atoms with Gasteiger partial charge in [-0.25, -0.2) is 0 Å². The molecular formula is C14H23BrN2O. The molecule has 1 rings (SSSR count). The Balaban J connectivity index is 2.20. The van der Waals surface area contributed by atoms with Crippen molar-refractivity contribution >= 4 is 15.9 Å². The highest BCUT2D eigenvalue weighted by atomic mass is 79.9. The zero-order valence-corrected chi connectivity index (χ0v) is 13.0. The van der Waals surface area contributed by atoms with Crippen molar-refractivity contribution in [1.29, 1.82) is 0 Å². The molecule has 0 saturated heterocycles. The Morgan fingerprint density at radius 1 is 1.39 bits per heavy atom. The molecule has 1 aromatic carbocycles. The van der Waals surface area contributed by atoms with Gasteiger partial charge in [0.1, 0.15) is 5.75 Å². The van der Waals surface area contributed by atoms with Crippen molar-refractivity contribution in [1.82, 2.24) is 10.2 Å². The first-order valence-corrected chi connectivity index (χ1v) is 7.18. The lowest BCUT2D eigenvalue weighted by molar-refractivity contribution is 0.269. The fourth-order valence-electron chi connectivity index (χ4n) is 1.60. The van der Waals surface area contributed by atoms with Gasteiger partial charge >= 0.3 is 0 Å². The normalized spacial score (nSPS) is 11.4. The van der Waals surface area contributed by atoms with Crippen molar-refractivity contribution in [2.45, 2.75) is 32.9 Å². The average Bonchev–Trinajstić information content (AvgIpc) is 2.32. The molecule has 0 bridgehead atoms. The van der Waals surface area contributed by atoms with Gasteiger partial charge in [0, 0.05) is 12.6 Å². The summed E-state index contributed by atoms with van der Waals surface area (Å²) >= 11 is 3.32. The first kappa shape index (κ1) is 15.5. The highest BCUT2D eigenvalue weighted by Crippen LogP contribution is 2.24. The highest BCUT2D eigenvalue weighted by molar-refractivity contribution is 9.10. The van der Waals surface area contributed by atoms with Crippen LogP contribution in [0.3, 0.4) is 0 Å². The van der Waals surface area contributed by atoms with Gasteiger partial charge in [-0.3, -0.25) is 0 Å². The fourth-order valence-corrected chi connectivity index (χ4v) is 2.03. The largest absolute Gasteiger partial charge is 0.507 e. The molecule has 0 radical (unpaired) electrons. The Labute approximate surface area is 118 Å². The van der Waals surface area contributed by atoms with E-state index in [-0.39, 0.29) is 5.75 Å². The van der Waals surface area contributed by atoms with E-state index >= 15 is 0 Å². The maximum absolute atomic E-state index is 9.39. The van der Waals surface area contributed by atoms with E-state index in [1.165, 1.54) is 5.56 Å². The monoisotopic (exact) mass is 314 g/mol. The van der Waals surface area contributed by atoms with Crippen molar-refractivity contribution in [2.24, 2.45) is 0 Å². The molecule has 0 aliphatic heterocycles. The zero-order valence-electron chi connectivity index (χ0n) is 11.4. The van der Waals surface area contributed by atoms with Crippen LogP contribution in [0.5, 0.6) is 5.75 Å². The van der Waals surface area contributed by atoms with Crippen LogP contribution in [0.1, 0.15) is 25.8 Å². The fraction of sp³-hybridized carbons (Fsp3) is 0.571. The standard InChI is InChI=1S/C14H23BrN2O/c1-11(2)17(3)8-4-7-16-10-12-5-6-14(18)13(15)9-12/h5-6,9,11,16,18H,4,7-8,10H2,1-3H3. The molecule has 0 heterocycles. The lowest BCUT2D eigenvalue weighted by Gasteiger charge is -2.20. The summed E-state index contributed by atoms with van der Waals surface area (Å²) in [5.74, 6) is 0.289. The summed E-state index contributed by atoms with van der Waals surface area (Å²) in [5.41, 5.74) is 1.18. The maximum atomic E-state index is 9.39. The van der Waals surface area contributed by atoms with Gasteiger partial charge in [0.2, 0.25) is 0 Å². The van der Waals surface area contributed by atoms with Crippen LogP contribution in [0, 0.1) is 0 Å². The van der Waals surface area contributed by atoms with E-state index in [0.717, 1.165) is 30.5 Å². The van der Waals surface area contributed by atoms with Crippen LogP contribution < -0.4 is 5.32 Å². The molecule has 18 heavy (non-hydrogen) atoms. The number of phenolic OH excluding ortho intramolecular Hbond substituents is 1. The number of aromatic hydroxyl groups is 1. The second-order valence-electron chi connectivity index (χ2n) is 4.89. The molecule has 0 aromatic heterocycles. The summed E-state index contributed by atoms with van der Waals surface area (Å²) in [6, 6.07) is 6.21. The third kappa shape index (κ3) is 5.38. The summed E-state index contributed by atoms with van der Waals surface area (Å²) in [6.45, 7) is 7.38. The lowest BCUT2D eigenvalue weighted by Crippen LogP contribution is -2.29. The third-order valence-corrected chi connectivity index (χ3v) is 3.72. The number of nitrogens with one attached hydrogen (secondary N) is 1. The minimum absolute atomic E-state index is 0.289. The molecule has 2 N–H and O–H groups in total. The van der Waals surface area contributed by atoms with Gasteiger partial charge in [-0.1, -0.05) is 6.07 Å². The van der Waals surface area contributed by atoms with Crippen molar-refractivity contribution in [3.8, 4) is 5.75 Å². The van der Waals surface area contributed by atoms with Crippen LogP contribution >= 0.6 is 15.9 Å². The van der Waals surface area contributed by atoms with E-state index in [4.69, 9.17) is 0 Å². The number of rotatable bonds is 7. The van der Waals surface area contributed by atoms with Crippen molar-refractivity contribution in [3.05, 3.63) is 28.2 Å². The van der Waals surface area contributed by atoms with Crippen molar-refractivity contribution in [3.63, 3.8) is 0 Å². The molecular weight excluding hydrogens is 292 g/mol. The van der Waals surface area contributed by atoms with Gasteiger partial charge in [0.05, 0.1) is 4.47 Å². The van der Waals surface area contributed by atoms with Crippen LogP contribution in [0.15, 0.2) is 22.7 Å². The second kappa shape index (κ2) is 7.77. The predicted octanol–water partition coefficient (Wildman–Crippen LogP) is 2.97. The Morgan fingerprint density at radius 3 is 2.72 bits per heavy atom. The summed E-state index contributed by atoms with van der Waals surface area (Å²) < 4.78 is 0.751. The molecule has 0 saturated carbocycles. The second-order valence-corrected chi connectivity index (χ2v) is 5.74. The minimum atomic E-state index is 0.289. The maximum Gasteiger partial charge on any atom is 0.129 e. The summed E-state index contributed by atoms with van der Waals surface area (Å²) in [4.78, 5) is 2.35. The average molecular weight is 315 g/mol. The Hall–Kier alpha value is -0.580. The Bertz CT molecular complexity index is 369. The van der Waals surface area contributed by atoms with Crippen molar-refractivity contribution in [2.75, 3.05) is 20.1 Å². The van der Waals surface area contributed by atoms with Crippen LogP contribution in [0.25, 0.3) is 0 Å². The third-order valence-electron chi connectivity index (χ3n) is 3.09. The van der Waals surface area contributed by atoms with Gasteiger partial charge in [0.15, 0.2) is 0 Å². The molecule has 0 amide bonds. The zero-order chi connectivity index (χ0) is 13.5. The number of phenols is 1. The molecule has 0 aliphatic carbocycles. The van der Waals surface area contributed by atoms with Crippen LogP contribution in [-0.2, 0) is 6.54 Å². The predicted molar refractivity (Wildman–Crippen MR) is 79.9 cm³/mol. The summed E-state index contributed by atoms with van der Waals surface area (Å²) in [7, 11) is 2.15. The molecule has 0 unspecified atom stereocenters. The van der Waals surface area contributed by atoms with Gasteiger partial charge in [0.25, 0.3) is 0 Å². The van der Waals surface area contributed by atoms with E-state index in [0.29, 0.717) is 6.04 Å². The first-order chi connectivity index (χ1) is 8.50. The lowest BCUT2D eigenvalue weighted by atomic mass is 10.2. The number of hydrogen-bond acceptors (Lipinski definition) is 3. The molecule has 3 nitrogen and oxygen atoms in total. The highest BCUT2D eigenvalue weighted by Gasteiger charge is 2.02. The topological polar surface area (TPSA) is 35.5 Å². The molecule has 1 aromatic rings. The summed E-state index contributed by atoms with van der Waals surface area (Å²) in [6.07, 6.45) is 1.15. The number of halogens is 1. The van der Waals surface area contributed by atoms with E-state index < -0.39 is 0 Å². The van der Waals surface area contributed by atoms with Crippen LogP contribution in [0.4, 0.5) is 0 Å². The molecule has 0 atom stereocenters. The minimum Gasteiger partial charge on any atom is -0.507 e. The van der Waals surface area contributed by atoms with Gasteiger partial charge in [-0.15, -0.1) is 0 Å². The van der Waals surface area contributed by atoms with Crippen LogP contribution in [-0.4, -0.2) is 36.2 Å². The van der Waals surface area contributed by atoms with Gasteiger partial charge in [-0.2, -0.15) is 0 Å². The molecule has 0 spiro atoms. The molecule has 4 heteroatoms.